The van der Waals surface area contributed by atoms with Crippen LogP contribution in [-0.2, 0) is 6.54 Å². The molecule has 0 atom stereocenters. The summed E-state index contributed by atoms with van der Waals surface area (Å²) in [5, 5.41) is 8.78. The van der Waals surface area contributed by atoms with E-state index in [1.807, 2.05) is 33.7 Å². The summed E-state index contributed by atoms with van der Waals surface area (Å²) in [5.41, 5.74) is 14.4. The fourth-order valence-corrected chi connectivity index (χ4v) is 4.96. The van der Waals surface area contributed by atoms with E-state index >= 15 is 0 Å². The fourth-order valence-electron chi connectivity index (χ4n) is 4.96. The molecule has 9 heteroatoms. The summed E-state index contributed by atoms with van der Waals surface area (Å²) in [6.07, 6.45) is 4.60. The molecule has 1 aliphatic heterocycles. The average Bonchev–Trinajstić information content (AvgIpc) is 3.28. The highest BCUT2D eigenvalue weighted by atomic mass is 19.1. The van der Waals surface area contributed by atoms with Gasteiger partial charge in [-0.05, 0) is 73.7 Å². The third-order valence-electron chi connectivity index (χ3n) is 7.09. The largest absolute Gasteiger partial charge is 0.439 e. The van der Waals surface area contributed by atoms with Gasteiger partial charge in [0.2, 0.25) is 5.88 Å². The molecule has 0 unspecified atom stereocenters. The van der Waals surface area contributed by atoms with E-state index in [4.69, 9.17) is 21.6 Å². The van der Waals surface area contributed by atoms with Crippen molar-refractivity contribution in [2.75, 3.05) is 19.6 Å². The number of rotatable bonds is 8. The minimum absolute atomic E-state index is 0.0130. The van der Waals surface area contributed by atoms with Gasteiger partial charge in [-0.2, -0.15) is 0 Å². The molecule has 5 N–H and O–H groups in total. The molecule has 0 aliphatic carbocycles. The molecular formula is C29H31FN6O2. The minimum Gasteiger partial charge on any atom is -0.439 e. The van der Waals surface area contributed by atoms with Crippen LogP contribution >= 0.6 is 0 Å². The normalized spacial score (nSPS) is 14.1. The number of amides is 1. The summed E-state index contributed by atoms with van der Waals surface area (Å²) in [7, 11) is 0. The van der Waals surface area contributed by atoms with Crippen molar-refractivity contribution in [2.24, 2.45) is 17.4 Å². The number of amidine groups is 1. The summed E-state index contributed by atoms with van der Waals surface area (Å²) in [6, 6.07) is 16.8. The van der Waals surface area contributed by atoms with Crippen LogP contribution in [0.15, 0.2) is 66.9 Å². The van der Waals surface area contributed by atoms with Gasteiger partial charge in [-0.3, -0.25) is 10.2 Å². The number of aromatic nitrogens is 2. The molecule has 3 heterocycles. The van der Waals surface area contributed by atoms with Gasteiger partial charge in [0.25, 0.3) is 5.91 Å². The van der Waals surface area contributed by atoms with Crippen LogP contribution in [0.2, 0.25) is 0 Å². The van der Waals surface area contributed by atoms with Crippen molar-refractivity contribution in [3.8, 4) is 11.6 Å². The summed E-state index contributed by atoms with van der Waals surface area (Å²) < 4.78 is 20.9. The number of nitrogens with two attached hydrogens (primary N) is 2. The van der Waals surface area contributed by atoms with Crippen LogP contribution in [0.25, 0.3) is 10.9 Å². The highest BCUT2D eigenvalue weighted by molar-refractivity contribution is 6.02. The Morgan fingerprint density at radius 3 is 2.50 bits per heavy atom. The first-order valence-corrected chi connectivity index (χ1v) is 12.8. The second-order valence-electron chi connectivity index (χ2n) is 9.68. The molecule has 0 spiro atoms. The van der Waals surface area contributed by atoms with Gasteiger partial charge in [0.1, 0.15) is 23.1 Å². The first kappa shape index (κ1) is 25.4. The Kier molecular flexibility index (Phi) is 7.37. The number of fused-ring (bicyclic) bond motifs is 1. The number of benzene rings is 2. The van der Waals surface area contributed by atoms with Crippen molar-refractivity contribution >= 4 is 22.6 Å². The molecule has 1 saturated heterocycles. The zero-order valence-corrected chi connectivity index (χ0v) is 21.1. The van der Waals surface area contributed by atoms with Gasteiger partial charge >= 0.3 is 0 Å². The zero-order chi connectivity index (χ0) is 26.6. The Balaban J connectivity index is 1.42. The van der Waals surface area contributed by atoms with E-state index in [-0.39, 0.29) is 17.6 Å². The van der Waals surface area contributed by atoms with Gasteiger partial charge in [0.15, 0.2) is 0 Å². The maximum absolute atomic E-state index is 13.7. The maximum Gasteiger partial charge on any atom is 0.270 e. The fraction of sp³-hybridized carbons (Fsp3) is 0.276. The molecular weight excluding hydrogens is 483 g/mol. The standard InChI is InChI=1S/C29H31FN6O2/c30-23-4-6-24(7-5-23)38-27-8-1-20(17-34-27)18-36-25-16-22(28(32)33)3-2-21(25)15-26(36)29(37)35-13-10-19(9-12-31)11-14-35/h1-8,15-17,19H,9-14,18,31H2,(H3,32,33). The molecule has 4 aromatic rings. The summed E-state index contributed by atoms with van der Waals surface area (Å²) >= 11 is 0. The SMILES string of the molecule is N=C(N)c1ccc2cc(C(=O)N3CCC(CCN)CC3)n(Cc3ccc(Oc4ccc(F)cc4)nc3)c2c1. The zero-order valence-electron chi connectivity index (χ0n) is 21.1. The quantitative estimate of drug-likeness (QED) is 0.236. The molecule has 0 radical (unpaired) electrons. The molecule has 1 aliphatic rings. The van der Waals surface area contributed by atoms with Crippen molar-refractivity contribution in [3.05, 3.63) is 89.5 Å². The number of carbonyl (C=O) groups excluding carboxylic acids is 1. The van der Waals surface area contributed by atoms with Crippen LogP contribution in [0, 0.1) is 17.1 Å². The lowest BCUT2D eigenvalue weighted by atomic mass is 9.93. The second kappa shape index (κ2) is 11.0. The number of likely N-dealkylation sites (tertiary alicyclic amines) is 1. The molecule has 38 heavy (non-hydrogen) atoms. The van der Waals surface area contributed by atoms with Crippen LogP contribution in [0.3, 0.4) is 0 Å². The van der Waals surface area contributed by atoms with Crippen LogP contribution < -0.4 is 16.2 Å². The van der Waals surface area contributed by atoms with Crippen LogP contribution in [0.4, 0.5) is 4.39 Å². The van der Waals surface area contributed by atoms with Crippen molar-refractivity contribution in [2.45, 2.75) is 25.8 Å². The lowest BCUT2D eigenvalue weighted by Crippen LogP contribution is -2.39. The van der Waals surface area contributed by atoms with Gasteiger partial charge in [0, 0.05) is 48.4 Å². The predicted molar refractivity (Wildman–Crippen MR) is 145 cm³/mol. The summed E-state index contributed by atoms with van der Waals surface area (Å²) in [4.78, 5) is 20.0. The molecule has 8 nitrogen and oxygen atoms in total. The molecule has 5 rings (SSSR count). The van der Waals surface area contributed by atoms with E-state index in [1.54, 1.807) is 30.5 Å². The number of ether oxygens (including phenoxy) is 1. The Hall–Kier alpha value is -4.24. The van der Waals surface area contributed by atoms with Crippen molar-refractivity contribution in [1.82, 2.24) is 14.5 Å². The van der Waals surface area contributed by atoms with Crippen molar-refractivity contribution < 1.29 is 13.9 Å². The number of hydrogen-bond acceptors (Lipinski definition) is 5. The lowest BCUT2D eigenvalue weighted by molar-refractivity contribution is 0.0678. The number of halogens is 1. The molecule has 2 aromatic carbocycles. The molecule has 0 saturated carbocycles. The predicted octanol–water partition coefficient (Wildman–Crippen LogP) is 4.50. The van der Waals surface area contributed by atoms with Crippen LogP contribution in [0.5, 0.6) is 11.6 Å². The maximum atomic E-state index is 13.7. The second-order valence-corrected chi connectivity index (χ2v) is 9.68. The highest BCUT2D eigenvalue weighted by Gasteiger charge is 2.26. The van der Waals surface area contributed by atoms with Crippen molar-refractivity contribution in [1.29, 1.82) is 5.41 Å². The molecule has 0 bridgehead atoms. The van der Waals surface area contributed by atoms with Gasteiger partial charge in [-0.15, -0.1) is 0 Å². The van der Waals surface area contributed by atoms with E-state index < -0.39 is 0 Å². The van der Waals surface area contributed by atoms with E-state index in [9.17, 15) is 9.18 Å². The topological polar surface area (TPSA) is 123 Å². The Bertz CT molecular complexity index is 1440. The lowest BCUT2D eigenvalue weighted by Gasteiger charge is -2.32. The number of carbonyl (C=O) groups is 1. The number of nitrogens with one attached hydrogen (secondary N) is 1. The monoisotopic (exact) mass is 514 g/mol. The van der Waals surface area contributed by atoms with E-state index in [0.717, 1.165) is 35.7 Å². The number of piperidine rings is 1. The number of nitrogens with zero attached hydrogens (tertiary/aromatic N) is 3. The number of hydrogen-bond donors (Lipinski definition) is 3. The van der Waals surface area contributed by atoms with Gasteiger partial charge in [-0.1, -0.05) is 18.2 Å². The highest BCUT2D eigenvalue weighted by Crippen LogP contribution is 2.27. The van der Waals surface area contributed by atoms with E-state index in [0.29, 0.717) is 55.0 Å². The minimum atomic E-state index is -0.335. The third kappa shape index (κ3) is 5.52. The number of nitrogen functional groups attached to an aromatic ring is 1. The van der Waals surface area contributed by atoms with Crippen LogP contribution in [-0.4, -0.2) is 45.8 Å². The molecule has 1 amide bonds. The van der Waals surface area contributed by atoms with E-state index in [1.165, 1.54) is 12.1 Å². The van der Waals surface area contributed by atoms with Crippen molar-refractivity contribution in [3.63, 3.8) is 0 Å². The van der Waals surface area contributed by atoms with Crippen LogP contribution in [0.1, 0.15) is 40.9 Å². The Morgan fingerprint density at radius 2 is 1.84 bits per heavy atom. The van der Waals surface area contributed by atoms with Gasteiger partial charge in [-0.25, -0.2) is 9.37 Å². The first-order valence-electron chi connectivity index (χ1n) is 12.8. The molecule has 1 fully saturated rings. The van der Waals surface area contributed by atoms with Gasteiger partial charge < -0.3 is 25.7 Å². The Morgan fingerprint density at radius 1 is 1.08 bits per heavy atom. The summed E-state index contributed by atoms with van der Waals surface area (Å²) in [5.74, 6) is 1.06. The van der Waals surface area contributed by atoms with Gasteiger partial charge in [0.05, 0.1) is 0 Å². The third-order valence-corrected chi connectivity index (χ3v) is 7.09. The smallest absolute Gasteiger partial charge is 0.270 e. The number of pyridine rings is 1. The molecule has 196 valence electrons. The Labute approximate surface area is 220 Å². The summed E-state index contributed by atoms with van der Waals surface area (Å²) in [6.45, 7) is 2.49. The average molecular weight is 515 g/mol. The van der Waals surface area contributed by atoms with E-state index in [2.05, 4.69) is 4.98 Å². The first-order chi connectivity index (χ1) is 18.4. The molecule has 2 aromatic heterocycles.